The van der Waals surface area contributed by atoms with Gasteiger partial charge < -0.3 is 10.2 Å². The van der Waals surface area contributed by atoms with Gasteiger partial charge in [0.15, 0.2) is 0 Å². The fourth-order valence-electron chi connectivity index (χ4n) is 2.61. The Morgan fingerprint density at radius 2 is 1.83 bits per heavy atom. The lowest BCUT2D eigenvalue weighted by molar-refractivity contribution is -0.122. The van der Waals surface area contributed by atoms with Gasteiger partial charge in [0.1, 0.15) is 0 Å². The molecule has 5 heteroatoms. The smallest absolute Gasteiger partial charge is 0.229 e. The average molecular weight is 305 g/mol. The molecule has 0 aliphatic carbocycles. The zero-order valence-corrected chi connectivity index (χ0v) is 12.4. The summed E-state index contributed by atoms with van der Waals surface area (Å²) in [7, 11) is 0. The van der Waals surface area contributed by atoms with E-state index in [-0.39, 0.29) is 24.2 Å². The minimum absolute atomic E-state index is 0.0452. The molecule has 2 aromatic rings. The van der Waals surface area contributed by atoms with Crippen LogP contribution in [0.25, 0.3) is 0 Å². The van der Waals surface area contributed by atoms with E-state index >= 15 is 0 Å². The standard InChI is InChI=1S/C18H15N3O2/c19-11-13-6-8-15(9-7-13)20-18(23)14-10-17(22)21(12-14)16-4-2-1-3-5-16/h1-9,14H,10,12H2,(H,20,23)/t14-/m1/s1. The summed E-state index contributed by atoms with van der Waals surface area (Å²) in [5.74, 6) is -0.601. The summed E-state index contributed by atoms with van der Waals surface area (Å²) in [4.78, 5) is 26.1. The van der Waals surface area contributed by atoms with Crippen molar-refractivity contribution in [3.8, 4) is 6.07 Å². The molecule has 1 fully saturated rings. The lowest BCUT2D eigenvalue weighted by Gasteiger charge is -2.16. The molecule has 2 aromatic carbocycles. The van der Waals surface area contributed by atoms with Crippen LogP contribution in [0.3, 0.4) is 0 Å². The van der Waals surface area contributed by atoms with Crippen molar-refractivity contribution in [2.24, 2.45) is 5.92 Å². The zero-order valence-electron chi connectivity index (χ0n) is 12.4. The minimum Gasteiger partial charge on any atom is -0.326 e. The van der Waals surface area contributed by atoms with Gasteiger partial charge in [0.25, 0.3) is 0 Å². The number of anilines is 2. The van der Waals surface area contributed by atoms with Crippen molar-refractivity contribution < 1.29 is 9.59 Å². The van der Waals surface area contributed by atoms with Crippen LogP contribution >= 0.6 is 0 Å². The highest BCUT2D eigenvalue weighted by molar-refractivity contribution is 6.03. The molecule has 114 valence electrons. The van der Waals surface area contributed by atoms with Crippen molar-refractivity contribution in [3.05, 3.63) is 60.2 Å². The summed E-state index contributed by atoms with van der Waals surface area (Å²) < 4.78 is 0. The van der Waals surface area contributed by atoms with E-state index in [4.69, 9.17) is 5.26 Å². The van der Waals surface area contributed by atoms with Crippen LogP contribution in [0.5, 0.6) is 0 Å². The number of nitrogens with zero attached hydrogens (tertiary/aromatic N) is 2. The number of amides is 2. The maximum absolute atomic E-state index is 12.3. The SMILES string of the molecule is N#Cc1ccc(NC(=O)[C@@H]2CC(=O)N(c3ccccc3)C2)cc1. The van der Waals surface area contributed by atoms with Gasteiger partial charge in [-0.25, -0.2) is 0 Å². The van der Waals surface area contributed by atoms with Crippen LogP contribution in [0, 0.1) is 17.2 Å². The van der Waals surface area contributed by atoms with E-state index in [1.165, 1.54) is 0 Å². The monoisotopic (exact) mass is 305 g/mol. The van der Waals surface area contributed by atoms with Gasteiger partial charge in [-0.15, -0.1) is 0 Å². The van der Waals surface area contributed by atoms with Crippen LogP contribution in [0.1, 0.15) is 12.0 Å². The Hall–Kier alpha value is -3.13. The molecule has 2 amide bonds. The van der Waals surface area contributed by atoms with E-state index in [0.29, 0.717) is 17.8 Å². The lowest BCUT2D eigenvalue weighted by Crippen LogP contribution is -2.28. The van der Waals surface area contributed by atoms with Crippen molar-refractivity contribution >= 4 is 23.2 Å². The summed E-state index contributed by atoms with van der Waals surface area (Å²) in [6, 6.07) is 18.0. The molecule has 1 atom stereocenters. The van der Waals surface area contributed by atoms with Crippen molar-refractivity contribution in [1.82, 2.24) is 0 Å². The molecule has 0 radical (unpaired) electrons. The third-order valence-corrected chi connectivity index (χ3v) is 3.85. The molecular formula is C18H15N3O2. The second-order valence-electron chi connectivity index (χ2n) is 5.42. The van der Waals surface area contributed by atoms with Crippen molar-refractivity contribution in [1.29, 1.82) is 5.26 Å². The highest BCUT2D eigenvalue weighted by atomic mass is 16.2. The quantitative estimate of drug-likeness (QED) is 0.947. The molecule has 0 unspecified atom stereocenters. The molecule has 1 saturated heterocycles. The molecule has 23 heavy (non-hydrogen) atoms. The number of carbonyl (C=O) groups is 2. The van der Waals surface area contributed by atoms with E-state index < -0.39 is 0 Å². The van der Waals surface area contributed by atoms with Gasteiger partial charge in [-0.1, -0.05) is 18.2 Å². The summed E-state index contributed by atoms with van der Waals surface area (Å²) in [5.41, 5.74) is 1.97. The first-order valence-electron chi connectivity index (χ1n) is 7.34. The number of benzene rings is 2. The predicted molar refractivity (Wildman–Crippen MR) is 86.7 cm³/mol. The van der Waals surface area contributed by atoms with Crippen molar-refractivity contribution in [2.75, 3.05) is 16.8 Å². The van der Waals surface area contributed by atoms with Gasteiger partial charge in [0.05, 0.1) is 17.6 Å². The molecule has 5 nitrogen and oxygen atoms in total. The molecule has 1 aliphatic rings. The Kier molecular flexibility index (Phi) is 4.07. The summed E-state index contributed by atoms with van der Waals surface area (Å²) in [5, 5.41) is 11.6. The molecular weight excluding hydrogens is 290 g/mol. The van der Waals surface area contributed by atoms with Crippen LogP contribution in [-0.2, 0) is 9.59 Å². The number of rotatable bonds is 3. The number of carbonyl (C=O) groups excluding carboxylic acids is 2. The molecule has 1 aliphatic heterocycles. The van der Waals surface area contributed by atoms with Crippen LogP contribution < -0.4 is 10.2 Å². The van der Waals surface area contributed by atoms with Gasteiger partial charge in [-0.05, 0) is 36.4 Å². The van der Waals surface area contributed by atoms with Gasteiger partial charge in [0.2, 0.25) is 11.8 Å². The molecule has 0 saturated carbocycles. The summed E-state index contributed by atoms with van der Waals surface area (Å²) in [6.45, 7) is 0.380. The van der Waals surface area contributed by atoms with Crippen LogP contribution in [0.15, 0.2) is 54.6 Å². The summed E-state index contributed by atoms with van der Waals surface area (Å²) >= 11 is 0. The second-order valence-corrected chi connectivity index (χ2v) is 5.42. The normalized spacial score (nSPS) is 16.9. The van der Waals surface area contributed by atoms with E-state index in [1.54, 1.807) is 29.2 Å². The van der Waals surface area contributed by atoms with Crippen molar-refractivity contribution in [3.63, 3.8) is 0 Å². The maximum Gasteiger partial charge on any atom is 0.229 e. The maximum atomic E-state index is 12.3. The van der Waals surface area contributed by atoms with E-state index in [0.717, 1.165) is 5.69 Å². The van der Waals surface area contributed by atoms with Crippen molar-refractivity contribution in [2.45, 2.75) is 6.42 Å². The number of hydrogen-bond acceptors (Lipinski definition) is 3. The van der Waals surface area contributed by atoms with Crippen LogP contribution in [0.4, 0.5) is 11.4 Å². The topological polar surface area (TPSA) is 73.2 Å². The minimum atomic E-state index is -0.377. The molecule has 1 heterocycles. The molecule has 0 spiro atoms. The molecule has 0 aromatic heterocycles. The van der Waals surface area contributed by atoms with Gasteiger partial charge in [0, 0.05) is 24.3 Å². The van der Waals surface area contributed by atoms with Crippen LogP contribution in [-0.4, -0.2) is 18.4 Å². The molecule has 3 rings (SSSR count). The third kappa shape index (κ3) is 3.22. The van der Waals surface area contributed by atoms with Crippen LogP contribution in [0.2, 0.25) is 0 Å². The Labute approximate surface area is 134 Å². The predicted octanol–water partition coefficient (Wildman–Crippen LogP) is 2.55. The lowest BCUT2D eigenvalue weighted by atomic mass is 10.1. The van der Waals surface area contributed by atoms with Gasteiger partial charge >= 0.3 is 0 Å². The van der Waals surface area contributed by atoms with E-state index in [9.17, 15) is 9.59 Å². The zero-order chi connectivity index (χ0) is 16.2. The Morgan fingerprint density at radius 1 is 1.13 bits per heavy atom. The first-order chi connectivity index (χ1) is 11.2. The highest BCUT2D eigenvalue weighted by Gasteiger charge is 2.35. The number of nitrogens with one attached hydrogen (secondary N) is 1. The number of hydrogen-bond donors (Lipinski definition) is 1. The largest absolute Gasteiger partial charge is 0.326 e. The molecule has 1 N–H and O–H groups in total. The number of nitriles is 1. The fraction of sp³-hybridized carbons (Fsp3) is 0.167. The van der Waals surface area contributed by atoms with Gasteiger partial charge in [-0.3, -0.25) is 9.59 Å². The summed E-state index contributed by atoms with van der Waals surface area (Å²) in [6.07, 6.45) is 0.205. The fourth-order valence-corrected chi connectivity index (χ4v) is 2.61. The average Bonchev–Trinajstić information content (AvgIpc) is 2.98. The number of para-hydroxylation sites is 1. The Bertz CT molecular complexity index is 763. The van der Waals surface area contributed by atoms with E-state index in [1.807, 2.05) is 36.4 Å². The first-order valence-corrected chi connectivity index (χ1v) is 7.34. The second kappa shape index (κ2) is 6.32. The Balaban J connectivity index is 1.67. The van der Waals surface area contributed by atoms with Gasteiger partial charge in [-0.2, -0.15) is 5.26 Å². The first kappa shape index (κ1) is 14.8. The third-order valence-electron chi connectivity index (χ3n) is 3.85. The Morgan fingerprint density at radius 3 is 2.48 bits per heavy atom. The molecule has 0 bridgehead atoms. The van der Waals surface area contributed by atoms with E-state index in [2.05, 4.69) is 5.32 Å². The highest BCUT2D eigenvalue weighted by Crippen LogP contribution is 2.25.